The zero-order valence-electron chi connectivity index (χ0n) is 13.8. The molecule has 0 heterocycles. The zero-order valence-corrected chi connectivity index (χ0v) is 13.8. The molecule has 0 aromatic heterocycles. The highest BCUT2D eigenvalue weighted by Gasteiger charge is 2.25. The molecule has 1 aliphatic rings. The maximum Gasteiger partial charge on any atom is 0.193 e. The lowest BCUT2D eigenvalue weighted by Gasteiger charge is -2.23. The summed E-state index contributed by atoms with van der Waals surface area (Å²) in [6.45, 7) is 0. The highest BCUT2D eigenvalue weighted by molar-refractivity contribution is 6.35. The quantitative estimate of drug-likeness (QED) is 0.677. The number of aromatic hydroxyl groups is 1. The lowest BCUT2D eigenvalue weighted by Crippen LogP contribution is -2.12. The van der Waals surface area contributed by atoms with Crippen LogP contribution >= 0.6 is 0 Å². The fourth-order valence-corrected chi connectivity index (χ4v) is 3.47. The second-order valence-corrected chi connectivity index (χ2v) is 6.25. The first kappa shape index (κ1) is 15.4. The second kappa shape index (κ2) is 6.40. The van der Waals surface area contributed by atoms with Crippen LogP contribution in [0.2, 0.25) is 0 Å². The van der Waals surface area contributed by atoms with Crippen LogP contribution in [0.4, 0.5) is 0 Å². The molecule has 3 aromatic rings. The first-order valence-corrected chi connectivity index (χ1v) is 8.44. The SMILES string of the molecule is O=C(C1=C(c2ccccc2)CCc2ccccc21)c1ccc(O)cc1. The highest BCUT2D eigenvalue weighted by atomic mass is 16.3. The molecule has 2 nitrogen and oxygen atoms in total. The fraction of sp³-hybridized carbons (Fsp3) is 0.0870. The third kappa shape index (κ3) is 2.87. The molecule has 0 bridgehead atoms. The molecule has 0 unspecified atom stereocenters. The standard InChI is InChI=1S/C23H18O2/c24-19-13-10-18(11-14-19)23(25)22-20-9-5-4-8-17(20)12-15-21(22)16-6-2-1-3-7-16/h1-11,13-14,24H,12,15H2. The van der Waals surface area contributed by atoms with Crippen LogP contribution in [0.5, 0.6) is 5.75 Å². The van der Waals surface area contributed by atoms with Gasteiger partial charge in [-0.2, -0.15) is 0 Å². The van der Waals surface area contributed by atoms with Gasteiger partial charge in [0.15, 0.2) is 5.78 Å². The van der Waals surface area contributed by atoms with E-state index in [0.29, 0.717) is 5.56 Å². The Balaban J connectivity index is 1.92. The van der Waals surface area contributed by atoms with Gasteiger partial charge in [0.1, 0.15) is 5.75 Å². The van der Waals surface area contributed by atoms with Crippen molar-refractivity contribution in [3.8, 4) is 5.75 Å². The van der Waals surface area contributed by atoms with Gasteiger partial charge in [0.2, 0.25) is 0 Å². The summed E-state index contributed by atoms with van der Waals surface area (Å²) in [6.07, 6.45) is 1.78. The number of carbonyl (C=O) groups excluding carboxylic acids is 1. The maximum atomic E-state index is 13.3. The van der Waals surface area contributed by atoms with Gasteiger partial charge in [-0.1, -0.05) is 54.6 Å². The van der Waals surface area contributed by atoms with Crippen molar-refractivity contribution in [3.05, 3.63) is 101 Å². The number of fused-ring (bicyclic) bond motifs is 1. The lowest BCUT2D eigenvalue weighted by molar-refractivity contribution is 0.105. The van der Waals surface area contributed by atoms with Gasteiger partial charge in [0, 0.05) is 11.1 Å². The molecule has 0 saturated carbocycles. The van der Waals surface area contributed by atoms with Crippen molar-refractivity contribution in [1.29, 1.82) is 0 Å². The molecule has 2 heteroatoms. The Morgan fingerprint density at radius 3 is 2.20 bits per heavy atom. The van der Waals surface area contributed by atoms with E-state index in [9.17, 15) is 9.90 Å². The molecule has 1 N–H and O–H groups in total. The van der Waals surface area contributed by atoms with Crippen molar-refractivity contribution in [1.82, 2.24) is 0 Å². The van der Waals surface area contributed by atoms with Crippen molar-refractivity contribution in [2.24, 2.45) is 0 Å². The number of allylic oxidation sites excluding steroid dienone is 2. The average molecular weight is 326 g/mol. The molecule has 0 amide bonds. The molecule has 25 heavy (non-hydrogen) atoms. The molecule has 0 atom stereocenters. The van der Waals surface area contributed by atoms with Crippen molar-refractivity contribution >= 4 is 16.9 Å². The van der Waals surface area contributed by atoms with Crippen LogP contribution in [-0.2, 0) is 6.42 Å². The maximum absolute atomic E-state index is 13.3. The van der Waals surface area contributed by atoms with E-state index < -0.39 is 0 Å². The summed E-state index contributed by atoms with van der Waals surface area (Å²) in [7, 11) is 0. The van der Waals surface area contributed by atoms with E-state index in [1.54, 1.807) is 24.3 Å². The van der Waals surface area contributed by atoms with E-state index in [4.69, 9.17) is 0 Å². The van der Waals surface area contributed by atoms with Gasteiger partial charge >= 0.3 is 0 Å². The molecular weight excluding hydrogens is 308 g/mol. The Morgan fingerprint density at radius 2 is 1.44 bits per heavy atom. The minimum absolute atomic E-state index is 0.00556. The van der Waals surface area contributed by atoms with Crippen LogP contribution in [0, 0.1) is 0 Å². The molecule has 0 aliphatic heterocycles. The van der Waals surface area contributed by atoms with Crippen molar-refractivity contribution in [2.75, 3.05) is 0 Å². The summed E-state index contributed by atoms with van der Waals surface area (Å²) < 4.78 is 0. The predicted octanol–water partition coefficient (Wildman–Crippen LogP) is 5.13. The van der Waals surface area contributed by atoms with Crippen LogP contribution in [0.25, 0.3) is 11.1 Å². The molecule has 122 valence electrons. The number of aryl methyl sites for hydroxylation is 1. The van der Waals surface area contributed by atoms with E-state index in [0.717, 1.165) is 35.1 Å². The van der Waals surface area contributed by atoms with E-state index in [1.807, 2.05) is 36.4 Å². The molecule has 0 radical (unpaired) electrons. The monoisotopic (exact) mass is 326 g/mol. The largest absolute Gasteiger partial charge is 0.508 e. The van der Waals surface area contributed by atoms with Crippen LogP contribution < -0.4 is 0 Å². The Hall–Kier alpha value is -3.13. The minimum Gasteiger partial charge on any atom is -0.508 e. The Kier molecular flexibility index (Phi) is 3.95. The number of carbonyl (C=O) groups is 1. The summed E-state index contributed by atoms with van der Waals surface area (Å²) >= 11 is 0. The molecule has 0 saturated heterocycles. The first-order valence-electron chi connectivity index (χ1n) is 8.44. The normalized spacial score (nSPS) is 13.4. The van der Waals surface area contributed by atoms with E-state index in [2.05, 4.69) is 18.2 Å². The molecular formula is C23H18O2. The number of Topliss-reactive ketones (excluding diaryl/α,β-unsaturated/α-hetero) is 1. The number of phenols is 1. The van der Waals surface area contributed by atoms with Crippen molar-refractivity contribution < 1.29 is 9.90 Å². The Labute approximate surface area is 147 Å². The summed E-state index contributed by atoms with van der Waals surface area (Å²) in [6, 6.07) is 24.8. The van der Waals surface area contributed by atoms with Crippen LogP contribution in [0.15, 0.2) is 78.9 Å². The highest BCUT2D eigenvalue weighted by Crippen LogP contribution is 2.38. The average Bonchev–Trinajstić information content (AvgIpc) is 2.68. The first-order chi connectivity index (χ1) is 12.2. The van der Waals surface area contributed by atoms with Crippen LogP contribution in [-0.4, -0.2) is 10.9 Å². The fourth-order valence-electron chi connectivity index (χ4n) is 3.47. The number of hydrogen-bond acceptors (Lipinski definition) is 2. The van der Waals surface area contributed by atoms with E-state index in [1.165, 1.54) is 5.56 Å². The predicted molar refractivity (Wildman–Crippen MR) is 100 cm³/mol. The van der Waals surface area contributed by atoms with Gasteiger partial charge in [0.05, 0.1) is 0 Å². The zero-order chi connectivity index (χ0) is 17.2. The number of ketones is 1. The molecule has 0 spiro atoms. The van der Waals surface area contributed by atoms with E-state index >= 15 is 0 Å². The van der Waals surface area contributed by atoms with Crippen molar-refractivity contribution in [2.45, 2.75) is 12.8 Å². The summed E-state index contributed by atoms with van der Waals surface area (Å²) in [5, 5.41) is 9.51. The number of benzene rings is 3. The summed E-state index contributed by atoms with van der Waals surface area (Å²) in [4.78, 5) is 13.3. The number of rotatable bonds is 3. The summed E-state index contributed by atoms with van der Waals surface area (Å²) in [5.74, 6) is 0.170. The van der Waals surface area contributed by atoms with Crippen LogP contribution in [0.3, 0.4) is 0 Å². The van der Waals surface area contributed by atoms with Gasteiger partial charge in [-0.05, 0) is 59.4 Å². The van der Waals surface area contributed by atoms with Gasteiger partial charge in [0.25, 0.3) is 0 Å². The van der Waals surface area contributed by atoms with Gasteiger partial charge in [-0.25, -0.2) is 0 Å². The lowest BCUT2D eigenvalue weighted by atomic mass is 9.80. The number of phenolic OH excluding ortho intramolecular Hbond substituents is 1. The smallest absolute Gasteiger partial charge is 0.193 e. The minimum atomic E-state index is 0.00556. The molecule has 3 aromatic carbocycles. The molecule has 0 fully saturated rings. The summed E-state index contributed by atoms with van der Waals surface area (Å²) in [5.41, 5.74) is 5.79. The molecule has 4 rings (SSSR count). The van der Waals surface area contributed by atoms with Gasteiger partial charge in [-0.15, -0.1) is 0 Å². The third-order valence-electron chi connectivity index (χ3n) is 4.71. The van der Waals surface area contributed by atoms with Gasteiger partial charge < -0.3 is 5.11 Å². The van der Waals surface area contributed by atoms with E-state index in [-0.39, 0.29) is 11.5 Å². The van der Waals surface area contributed by atoms with Gasteiger partial charge in [-0.3, -0.25) is 4.79 Å². The number of hydrogen-bond donors (Lipinski definition) is 1. The Morgan fingerprint density at radius 1 is 0.760 bits per heavy atom. The second-order valence-electron chi connectivity index (χ2n) is 6.25. The third-order valence-corrected chi connectivity index (χ3v) is 4.71. The van der Waals surface area contributed by atoms with Crippen molar-refractivity contribution in [3.63, 3.8) is 0 Å². The van der Waals surface area contributed by atoms with Crippen LogP contribution in [0.1, 0.15) is 33.5 Å². The Bertz CT molecular complexity index is 951. The topological polar surface area (TPSA) is 37.3 Å². The molecule has 1 aliphatic carbocycles.